The fourth-order valence-corrected chi connectivity index (χ4v) is 5.32. The number of ether oxygens (including phenoxy) is 2. The number of nitrogens with two attached hydrogens (primary N) is 1. The van der Waals surface area contributed by atoms with Crippen molar-refractivity contribution in [3.05, 3.63) is 24.0 Å². The molecule has 0 aromatic heterocycles. The Balaban J connectivity index is 1.63. The number of rotatable bonds is 7. The lowest BCUT2D eigenvalue weighted by molar-refractivity contribution is -0.122. The maximum Gasteiger partial charge on any atom is 0.237 e. The first-order valence-electron chi connectivity index (χ1n) is 10.1. The molecule has 1 amide bonds. The van der Waals surface area contributed by atoms with Gasteiger partial charge in [0.2, 0.25) is 5.91 Å². The minimum absolute atomic E-state index is 0.334. The van der Waals surface area contributed by atoms with Crippen LogP contribution in [0, 0.1) is 11.7 Å². The number of carbonyl (C=O) groups is 1. The quantitative estimate of drug-likeness (QED) is 0.716. The molecule has 1 unspecified atom stereocenters. The number of nitrogens with zero attached hydrogens (tertiary/aromatic N) is 2. The van der Waals surface area contributed by atoms with Crippen LogP contribution in [-0.4, -0.2) is 65.2 Å². The summed E-state index contributed by atoms with van der Waals surface area (Å²) in [5.41, 5.74) is 6.12. The van der Waals surface area contributed by atoms with Gasteiger partial charge in [-0.2, -0.15) is 0 Å². The fourth-order valence-electron chi connectivity index (χ4n) is 3.65. The van der Waals surface area contributed by atoms with Crippen molar-refractivity contribution >= 4 is 22.6 Å². The molecule has 29 heavy (non-hydrogen) atoms. The number of amides is 1. The zero-order chi connectivity index (χ0) is 21.0. The molecule has 0 bridgehead atoms. The summed E-state index contributed by atoms with van der Waals surface area (Å²) >= 11 is 0. The molecular weight excluding hydrogens is 397 g/mol. The Bertz CT molecular complexity index is 747. The van der Waals surface area contributed by atoms with Crippen LogP contribution in [0.4, 0.5) is 10.1 Å². The Labute approximate surface area is 173 Å². The molecule has 0 aliphatic carbocycles. The van der Waals surface area contributed by atoms with Crippen molar-refractivity contribution in [2.24, 2.45) is 11.7 Å². The summed E-state index contributed by atoms with van der Waals surface area (Å²) in [6, 6.07) is 4.91. The van der Waals surface area contributed by atoms with Gasteiger partial charge < -0.3 is 20.1 Å². The number of piperazine rings is 1. The number of halogens is 1. The van der Waals surface area contributed by atoms with Crippen LogP contribution in [0.1, 0.15) is 26.7 Å². The lowest BCUT2D eigenvalue weighted by Gasteiger charge is -2.41. The third-order valence-corrected chi connectivity index (χ3v) is 7.51. The van der Waals surface area contributed by atoms with Crippen LogP contribution in [0.15, 0.2) is 18.2 Å². The smallest absolute Gasteiger partial charge is 0.237 e. The van der Waals surface area contributed by atoms with Crippen LogP contribution in [0.25, 0.3) is 0 Å². The van der Waals surface area contributed by atoms with E-state index in [4.69, 9.17) is 15.2 Å². The van der Waals surface area contributed by atoms with Crippen molar-refractivity contribution in [1.82, 2.24) is 4.31 Å². The van der Waals surface area contributed by atoms with Crippen molar-refractivity contribution in [2.45, 2.75) is 31.4 Å². The molecule has 2 aliphatic heterocycles. The van der Waals surface area contributed by atoms with Crippen LogP contribution >= 0.6 is 0 Å². The van der Waals surface area contributed by atoms with Crippen molar-refractivity contribution < 1.29 is 22.9 Å². The molecule has 9 heteroatoms. The summed E-state index contributed by atoms with van der Waals surface area (Å²) in [6.45, 7) is 7.33. The van der Waals surface area contributed by atoms with E-state index in [1.165, 1.54) is 6.07 Å². The van der Waals surface area contributed by atoms with Gasteiger partial charge in [-0.05, 0) is 30.9 Å². The van der Waals surface area contributed by atoms with E-state index < -0.39 is 21.6 Å². The number of anilines is 1. The third kappa shape index (κ3) is 4.90. The predicted octanol–water partition coefficient (Wildman–Crippen LogP) is 1.68. The predicted molar refractivity (Wildman–Crippen MR) is 111 cm³/mol. The van der Waals surface area contributed by atoms with Crippen molar-refractivity contribution in [3.8, 4) is 5.75 Å². The van der Waals surface area contributed by atoms with Gasteiger partial charge >= 0.3 is 0 Å². The number of hydrogen-bond acceptors (Lipinski definition) is 5. The van der Waals surface area contributed by atoms with Crippen molar-refractivity contribution in [1.29, 1.82) is 0 Å². The topological polar surface area (TPSA) is 85.1 Å². The second-order valence-corrected chi connectivity index (χ2v) is 9.75. The highest BCUT2D eigenvalue weighted by Gasteiger charge is 2.47. The van der Waals surface area contributed by atoms with E-state index in [2.05, 4.69) is 0 Å². The third-order valence-electron chi connectivity index (χ3n) is 5.40. The minimum Gasteiger partial charge on any atom is -0.493 e. The fraction of sp³-hybridized carbons (Fsp3) is 0.650. The normalized spacial score (nSPS) is 21.2. The summed E-state index contributed by atoms with van der Waals surface area (Å²) in [7, 11) is -1.53. The first-order valence-corrected chi connectivity index (χ1v) is 11.2. The van der Waals surface area contributed by atoms with Gasteiger partial charge in [0.25, 0.3) is 0 Å². The molecule has 2 heterocycles. The van der Waals surface area contributed by atoms with E-state index >= 15 is 0 Å². The van der Waals surface area contributed by atoms with E-state index in [1.54, 1.807) is 16.4 Å². The van der Waals surface area contributed by atoms with Crippen molar-refractivity contribution in [2.75, 3.05) is 50.9 Å². The highest BCUT2D eigenvalue weighted by Crippen LogP contribution is 2.31. The van der Waals surface area contributed by atoms with Gasteiger partial charge in [-0.25, -0.2) is 12.9 Å². The van der Waals surface area contributed by atoms with Gasteiger partial charge in [0.15, 0.2) is 0 Å². The van der Waals surface area contributed by atoms with E-state index in [0.29, 0.717) is 76.2 Å². The zero-order valence-corrected chi connectivity index (χ0v) is 17.9. The van der Waals surface area contributed by atoms with Gasteiger partial charge in [0.05, 0.1) is 12.3 Å². The van der Waals surface area contributed by atoms with Crippen LogP contribution in [0.5, 0.6) is 5.75 Å². The average Bonchev–Trinajstić information content (AvgIpc) is 2.72. The Morgan fingerprint density at radius 1 is 1.28 bits per heavy atom. The van der Waals surface area contributed by atoms with E-state index in [-0.39, 0.29) is 5.82 Å². The Hall–Kier alpha value is -1.71. The average molecular weight is 428 g/mol. The lowest BCUT2D eigenvalue weighted by Crippen LogP contribution is -2.58. The number of carbonyl (C=O) groups excluding carboxylic acids is 1. The molecule has 162 valence electrons. The van der Waals surface area contributed by atoms with Gasteiger partial charge in [0, 0.05) is 45.5 Å². The van der Waals surface area contributed by atoms with E-state index in [1.807, 2.05) is 18.7 Å². The second kappa shape index (κ2) is 9.40. The molecular formula is C20H30FN3O4S. The van der Waals surface area contributed by atoms with Crippen LogP contribution < -0.4 is 15.4 Å². The molecule has 2 saturated heterocycles. The molecule has 7 nitrogen and oxygen atoms in total. The maximum atomic E-state index is 14.6. The second-order valence-electron chi connectivity index (χ2n) is 7.95. The number of primary amides is 1. The highest BCUT2D eigenvalue weighted by molar-refractivity contribution is 7.85. The number of hydrogen-bond donors (Lipinski definition) is 1. The largest absolute Gasteiger partial charge is 0.493 e. The van der Waals surface area contributed by atoms with Gasteiger partial charge in [-0.1, -0.05) is 13.8 Å². The molecule has 2 N–H and O–H groups in total. The molecule has 0 saturated carbocycles. The highest BCUT2D eigenvalue weighted by atomic mass is 32.2. The molecule has 1 aromatic carbocycles. The summed E-state index contributed by atoms with van der Waals surface area (Å²) in [5, 5.41) is 0. The zero-order valence-electron chi connectivity index (χ0n) is 17.1. The molecule has 2 fully saturated rings. The minimum atomic E-state index is -1.53. The molecule has 1 aromatic rings. The molecule has 1 atom stereocenters. The Morgan fingerprint density at radius 3 is 2.48 bits per heavy atom. The number of benzene rings is 1. The van der Waals surface area contributed by atoms with Crippen LogP contribution in [-0.2, 0) is 20.5 Å². The Kier molecular flexibility index (Phi) is 7.13. The molecule has 3 rings (SSSR count). The van der Waals surface area contributed by atoms with E-state index in [9.17, 15) is 13.4 Å². The monoisotopic (exact) mass is 427 g/mol. The first kappa shape index (κ1) is 22.0. The summed E-state index contributed by atoms with van der Waals surface area (Å²) < 4.78 is 39.4. The van der Waals surface area contributed by atoms with Crippen LogP contribution in [0.3, 0.4) is 0 Å². The lowest BCUT2D eigenvalue weighted by atomic mass is 9.98. The summed E-state index contributed by atoms with van der Waals surface area (Å²) in [5.74, 6) is 0.0113. The SMILES string of the molecule is CC(C)COc1ccc(N2CCN(S(=O)C3(C(N)=O)CCOCC3)CC2)c(F)c1. The summed E-state index contributed by atoms with van der Waals surface area (Å²) in [6.07, 6.45) is 0.725. The molecule has 0 radical (unpaired) electrons. The van der Waals surface area contributed by atoms with Gasteiger partial charge in [0.1, 0.15) is 27.3 Å². The van der Waals surface area contributed by atoms with Gasteiger partial charge in [-0.15, -0.1) is 0 Å². The van der Waals surface area contributed by atoms with Gasteiger partial charge in [-0.3, -0.25) is 4.79 Å². The van der Waals surface area contributed by atoms with Crippen molar-refractivity contribution in [3.63, 3.8) is 0 Å². The van der Waals surface area contributed by atoms with E-state index in [0.717, 1.165) is 0 Å². The van der Waals surface area contributed by atoms with Crippen LogP contribution in [0.2, 0.25) is 0 Å². The molecule has 0 spiro atoms. The Morgan fingerprint density at radius 2 is 1.93 bits per heavy atom. The standard InChI is InChI=1S/C20H30FN3O4S/c1-15(2)14-28-16-3-4-18(17(21)13-16)23-7-9-24(10-8-23)29(26)20(19(22)25)5-11-27-12-6-20/h3-4,13,15H,5-12,14H2,1-2H3,(H2,22,25). The molecule has 2 aliphatic rings. The maximum absolute atomic E-state index is 14.6. The first-order chi connectivity index (χ1) is 13.8. The summed E-state index contributed by atoms with van der Waals surface area (Å²) in [4.78, 5) is 14.0.